The summed E-state index contributed by atoms with van der Waals surface area (Å²) in [5.74, 6) is 1.03. The number of fused-ring (bicyclic) bond motifs is 1. The second-order valence-corrected chi connectivity index (χ2v) is 7.92. The van der Waals surface area contributed by atoms with Crippen LogP contribution in [0, 0.1) is 6.92 Å². The summed E-state index contributed by atoms with van der Waals surface area (Å²) < 4.78 is 5.23. The van der Waals surface area contributed by atoms with Gasteiger partial charge in [0.2, 0.25) is 5.91 Å². The lowest BCUT2D eigenvalue weighted by atomic mass is 10.1. The third-order valence-corrected chi connectivity index (χ3v) is 5.84. The van der Waals surface area contributed by atoms with Crippen LogP contribution < -0.4 is 15.0 Å². The number of carbonyl (C=O) groups is 1. The molecule has 2 heterocycles. The quantitative estimate of drug-likeness (QED) is 0.611. The number of aromatic amines is 1. The summed E-state index contributed by atoms with van der Waals surface area (Å²) in [6.07, 6.45) is 2.51. The Balaban J connectivity index is 1.36. The Morgan fingerprint density at radius 1 is 1.25 bits per heavy atom. The number of nitrogens with zero attached hydrogens (tertiary/aromatic N) is 2. The van der Waals surface area contributed by atoms with Gasteiger partial charge in [-0.25, -0.2) is 4.98 Å². The van der Waals surface area contributed by atoms with Crippen LogP contribution in [-0.4, -0.2) is 41.8 Å². The van der Waals surface area contributed by atoms with Gasteiger partial charge in [0.1, 0.15) is 5.75 Å². The van der Waals surface area contributed by atoms with E-state index in [4.69, 9.17) is 4.74 Å². The van der Waals surface area contributed by atoms with Gasteiger partial charge in [-0.3, -0.25) is 4.79 Å². The van der Waals surface area contributed by atoms with E-state index in [9.17, 15) is 4.79 Å². The molecule has 6 nitrogen and oxygen atoms in total. The van der Waals surface area contributed by atoms with Crippen LogP contribution in [-0.2, 0) is 4.79 Å². The molecule has 1 fully saturated rings. The largest absolute Gasteiger partial charge is 0.497 e. The molecule has 0 unspecified atom stereocenters. The van der Waals surface area contributed by atoms with Crippen molar-refractivity contribution >= 4 is 40.1 Å². The summed E-state index contributed by atoms with van der Waals surface area (Å²) in [5.41, 5.74) is 4.94. The first-order chi connectivity index (χ1) is 13.6. The van der Waals surface area contributed by atoms with E-state index >= 15 is 0 Å². The van der Waals surface area contributed by atoms with E-state index in [0.29, 0.717) is 5.75 Å². The Morgan fingerprint density at radius 3 is 2.82 bits per heavy atom. The average molecular weight is 397 g/mol. The molecule has 0 aliphatic carbocycles. The fourth-order valence-corrected chi connectivity index (χ4v) is 4.13. The molecule has 1 aromatic heterocycles. The highest BCUT2D eigenvalue weighted by molar-refractivity contribution is 7.99. The van der Waals surface area contributed by atoms with Crippen LogP contribution in [0.5, 0.6) is 5.75 Å². The molecule has 0 atom stereocenters. The molecular weight excluding hydrogens is 372 g/mol. The minimum absolute atomic E-state index is 0.0416. The van der Waals surface area contributed by atoms with Crippen LogP contribution in [0.25, 0.3) is 11.0 Å². The van der Waals surface area contributed by atoms with Crippen LogP contribution in [0.15, 0.2) is 41.6 Å². The summed E-state index contributed by atoms with van der Waals surface area (Å²) in [6.45, 7) is 4.27. The van der Waals surface area contributed by atoms with Crippen molar-refractivity contribution in [2.45, 2.75) is 24.9 Å². The van der Waals surface area contributed by atoms with Crippen molar-refractivity contribution in [3.8, 4) is 5.75 Å². The molecule has 0 saturated carbocycles. The van der Waals surface area contributed by atoms with E-state index in [-0.39, 0.29) is 5.91 Å². The summed E-state index contributed by atoms with van der Waals surface area (Å²) >= 11 is 1.39. The molecule has 7 heteroatoms. The molecule has 1 aliphatic heterocycles. The lowest BCUT2D eigenvalue weighted by molar-refractivity contribution is -0.113. The third kappa shape index (κ3) is 4.09. The zero-order valence-electron chi connectivity index (χ0n) is 16.1. The topological polar surface area (TPSA) is 70.2 Å². The first-order valence-electron chi connectivity index (χ1n) is 9.44. The van der Waals surface area contributed by atoms with Gasteiger partial charge in [-0.15, -0.1) is 0 Å². The number of benzene rings is 2. The van der Waals surface area contributed by atoms with Gasteiger partial charge in [-0.05, 0) is 55.7 Å². The van der Waals surface area contributed by atoms with Crippen LogP contribution in [0.2, 0.25) is 0 Å². The molecule has 1 saturated heterocycles. The number of carbonyl (C=O) groups excluding carboxylic acids is 1. The Kier molecular flexibility index (Phi) is 5.43. The maximum atomic E-state index is 12.4. The van der Waals surface area contributed by atoms with Crippen molar-refractivity contribution < 1.29 is 9.53 Å². The fraction of sp³-hybridized carbons (Fsp3) is 0.333. The SMILES string of the molecule is COc1ccc2nc(SCC(=O)Nc3ccc(N4CCCC4)cc3C)[nH]c2c1. The predicted molar refractivity (Wildman–Crippen MR) is 115 cm³/mol. The first-order valence-corrected chi connectivity index (χ1v) is 10.4. The number of thioether (sulfide) groups is 1. The van der Waals surface area contributed by atoms with E-state index in [1.165, 1.54) is 30.3 Å². The molecule has 1 amide bonds. The van der Waals surface area contributed by atoms with Crippen molar-refractivity contribution in [3.05, 3.63) is 42.0 Å². The molecule has 2 N–H and O–H groups in total. The highest BCUT2D eigenvalue weighted by Gasteiger charge is 2.14. The van der Waals surface area contributed by atoms with Crippen LogP contribution in [0.3, 0.4) is 0 Å². The maximum absolute atomic E-state index is 12.4. The summed E-state index contributed by atoms with van der Waals surface area (Å²) in [6, 6.07) is 11.9. The standard InChI is InChI=1S/C21H24N4O2S/c1-14-11-15(25-9-3-4-10-25)5-7-17(14)22-20(26)13-28-21-23-18-8-6-16(27-2)12-19(18)24-21/h5-8,11-12H,3-4,9-10,13H2,1-2H3,(H,22,26)(H,23,24). The second-order valence-electron chi connectivity index (χ2n) is 6.96. The van der Waals surface area contributed by atoms with Gasteiger partial charge in [0.25, 0.3) is 0 Å². The Hall–Kier alpha value is -2.67. The van der Waals surface area contributed by atoms with Gasteiger partial charge in [-0.1, -0.05) is 11.8 Å². The van der Waals surface area contributed by atoms with Gasteiger partial charge < -0.3 is 19.9 Å². The molecular formula is C21H24N4O2S. The Bertz CT molecular complexity index is 995. The summed E-state index contributed by atoms with van der Waals surface area (Å²) in [4.78, 5) is 22.5. The van der Waals surface area contributed by atoms with Crippen LogP contribution in [0.4, 0.5) is 11.4 Å². The highest BCUT2D eigenvalue weighted by Crippen LogP contribution is 2.26. The van der Waals surface area contributed by atoms with Crippen molar-refractivity contribution in [1.82, 2.24) is 9.97 Å². The summed E-state index contributed by atoms with van der Waals surface area (Å²) in [5, 5.41) is 3.73. The molecule has 2 aromatic carbocycles. The molecule has 4 rings (SSSR count). The Morgan fingerprint density at radius 2 is 2.07 bits per heavy atom. The number of hydrogen-bond acceptors (Lipinski definition) is 5. The minimum Gasteiger partial charge on any atom is -0.497 e. The Labute approximate surface area is 168 Å². The molecule has 1 aliphatic rings. The number of aryl methyl sites for hydroxylation is 1. The monoisotopic (exact) mass is 396 g/mol. The number of ether oxygens (including phenoxy) is 1. The number of imidazole rings is 1. The van der Waals surface area contributed by atoms with Crippen LogP contribution in [0.1, 0.15) is 18.4 Å². The van der Waals surface area contributed by atoms with Crippen molar-refractivity contribution in [2.75, 3.05) is 36.2 Å². The molecule has 0 bridgehead atoms. The zero-order valence-corrected chi connectivity index (χ0v) is 16.9. The van der Waals surface area contributed by atoms with Gasteiger partial charge in [0.15, 0.2) is 5.16 Å². The van der Waals surface area contributed by atoms with Gasteiger partial charge in [-0.2, -0.15) is 0 Å². The van der Waals surface area contributed by atoms with E-state index in [1.54, 1.807) is 7.11 Å². The summed E-state index contributed by atoms with van der Waals surface area (Å²) in [7, 11) is 1.64. The molecule has 0 spiro atoms. The average Bonchev–Trinajstić information content (AvgIpc) is 3.37. The number of rotatable bonds is 6. The number of H-pyrrole nitrogens is 1. The van der Waals surface area contributed by atoms with Gasteiger partial charge in [0.05, 0.1) is 23.9 Å². The maximum Gasteiger partial charge on any atom is 0.234 e. The van der Waals surface area contributed by atoms with Crippen molar-refractivity contribution in [1.29, 1.82) is 0 Å². The fourth-order valence-electron chi connectivity index (χ4n) is 3.44. The normalized spacial score (nSPS) is 13.9. The van der Waals surface area contributed by atoms with E-state index in [0.717, 1.165) is 46.3 Å². The van der Waals surface area contributed by atoms with Crippen LogP contribution >= 0.6 is 11.8 Å². The number of amides is 1. The minimum atomic E-state index is -0.0416. The number of methoxy groups -OCH3 is 1. The molecule has 146 valence electrons. The van der Waals surface area contributed by atoms with E-state index in [1.807, 2.05) is 31.2 Å². The lowest BCUT2D eigenvalue weighted by Gasteiger charge is -2.19. The molecule has 3 aromatic rings. The second kappa shape index (κ2) is 8.14. The first kappa shape index (κ1) is 18.7. The smallest absolute Gasteiger partial charge is 0.234 e. The number of anilines is 2. The highest BCUT2D eigenvalue weighted by atomic mass is 32.2. The number of hydrogen-bond donors (Lipinski definition) is 2. The zero-order chi connectivity index (χ0) is 19.5. The van der Waals surface area contributed by atoms with Crippen molar-refractivity contribution in [2.24, 2.45) is 0 Å². The van der Waals surface area contributed by atoms with Crippen molar-refractivity contribution in [3.63, 3.8) is 0 Å². The van der Waals surface area contributed by atoms with E-state index < -0.39 is 0 Å². The number of nitrogens with one attached hydrogen (secondary N) is 2. The lowest BCUT2D eigenvalue weighted by Crippen LogP contribution is -2.18. The van der Waals surface area contributed by atoms with Gasteiger partial charge >= 0.3 is 0 Å². The molecule has 0 radical (unpaired) electrons. The predicted octanol–water partition coefficient (Wildman–Crippen LogP) is 4.21. The van der Waals surface area contributed by atoms with E-state index in [2.05, 4.69) is 32.3 Å². The van der Waals surface area contributed by atoms with Gasteiger partial charge in [0, 0.05) is 30.5 Å². The third-order valence-electron chi connectivity index (χ3n) is 4.96. The number of aromatic nitrogens is 2. The molecule has 28 heavy (non-hydrogen) atoms.